The fraction of sp³-hybridized carbons (Fsp3) is 0.149. The Kier molecular flexibility index (Phi) is 7.32. The van der Waals surface area contributed by atoms with Crippen LogP contribution in [0.25, 0.3) is 28.3 Å². The van der Waals surface area contributed by atoms with Crippen LogP contribution in [0.15, 0.2) is 157 Å². The number of fused-ring (bicyclic) bond motifs is 8. The number of nitrogens with zero attached hydrogens (tertiary/aromatic N) is 1. The van der Waals surface area contributed by atoms with Crippen molar-refractivity contribution in [3.05, 3.63) is 174 Å². The Hall–Kier alpha value is -4.83. The number of allylic oxidation sites excluding steroid dienone is 8. The van der Waals surface area contributed by atoms with E-state index in [1.807, 2.05) is 0 Å². The van der Waals surface area contributed by atoms with Crippen LogP contribution in [0.2, 0.25) is 6.55 Å². The molecule has 3 heteroatoms. The lowest BCUT2D eigenvalue weighted by atomic mass is 9.90. The van der Waals surface area contributed by atoms with Gasteiger partial charge in [-0.1, -0.05) is 128 Å². The summed E-state index contributed by atoms with van der Waals surface area (Å²) in [6.45, 7) is 2.53. The summed E-state index contributed by atoms with van der Waals surface area (Å²) in [6, 6.07) is 37.7. The number of hydrogen-bond acceptors (Lipinski definition) is 2. The van der Waals surface area contributed by atoms with Crippen LogP contribution in [0, 0.1) is 0 Å². The maximum Gasteiger partial charge on any atom is 0.101 e. The van der Waals surface area contributed by atoms with Gasteiger partial charge in [-0.25, -0.2) is 0 Å². The molecule has 4 atom stereocenters. The van der Waals surface area contributed by atoms with Crippen LogP contribution in [0.3, 0.4) is 0 Å². The zero-order valence-corrected chi connectivity index (χ0v) is 30.3. The van der Waals surface area contributed by atoms with Crippen molar-refractivity contribution in [1.82, 2.24) is 0 Å². The van der Waals surface area contributed by atoms with Gasteiger partial charge in [0, 0.05) is 38.9 Å². The van der Waals surface area contributed by atoms with Gasteiger partial charge in [0.25, 0.3) is 0 Å². The van der Waals surface area contributed by atoms with Gasteiger partial charge in [-0.3, -0.25) is 0 Å². The monoisotopic (exact) mass is 677 g/mol. The van der Waals surface area contributed by atoms with Crippen molar-refractivity contribution in [2.75, 3.05) is 4.90 Å². The fourth-order valence-corrected chi connectivity index (χ4v) is 13.0. The summed E-state index contributed by atoms with van der Waals surface area (Å²) in [5.41, 5.74) is 14.8. The molecular weight excluding hydrogens is 639 g/mol. The molecule has 1 nitrogen and oxygen atoms in total. The summed E-state index contributed by atoms with van der Waals surface area (Å²) >= 11 is 2.08. The van der Waals surface area contributed by atoms with E-state index in [1.54, 1.807) is 10.4 Å². The molecule has 5 aliphatic rings. The van der Waals surface area contributed by atoms with Gasteiger partial charge >= 0.3 is 0 Å². The van der Waals surface area contributed by atoms with Crippen LogP contribution in [-0.2, 0) is 6.42 Å². The smallest absolute Gasteiger partial charge is 0.101 e. The predicted molar refractivity (Wildman–Crippen MR) is 218 cm³/mol. The van der Waals surface area contributed by atoms with E-state index in [2.05, 4.69) is 181 Å². The third-order valence-electron chi connectivity index (χ3n) is 11.4. The lowest BCUT2D eigenvalue weighted by molar-refractivity contribution is 0.854. The summed E-state index contributed by atoms with van der Waals surface area (Å²) in [6.07, 6.45) is 26.1. The summed E-state index contributed by atoms with van der Waals surface area (Å²) in [4.78, 5) is 4.05. The third kappa shape index (κ3) is 4.90. The average molecular weight is 678 g/mol. The second kappa shape index (κ2) is 12.2. The van der Waals surface area contributed by atoms with E-state index >= 15 is 0 Å². The van der Waals surface area contributed by atoms with Crippen LogP contribution in [-0.4, -0.2) is 14.0 Å². The van der Waals surface area contributed by atoms with Gasteiger partial charge in [0.05, 0.1) is 5.69 Å². The van der Waals surface area contributed by atoms with Gasteiger partial charge in [0.1, 0.15) is 8.80 Å². The maximum absolute atomic E-state index is 2.54. The predicted octanol–water partition coefficient (Wildman–Crippen LogP) is 11.0. The minimum absolute atomic E-state index is 0.426. The molecule has 4 unspecified atom stereocenters. The highest BCUT2D eigenvalue weighted by molar-refractivity contribution is 8.00. The van der Waals surface area contributed by atoms with E-state index in [9.17, 15) is 0 Å². The molecule has 0 spiro atoms. The number of aryl methyl sites for hydroxylation is 1. The maximum atomic E-state index is 2.54. The Balaban J connectivity index is 1.15. The molecule has 0 saturated heterocycles. The summed E-state index contributed by atoms with van der Waals surface area (Å²) in [5.74, 6) is 0.879. The van der Waals surface area contributed by atoms with E-state index < -0.39 is 8.80 Å². The Morgan fingerprint density at radius 2 is 1.54 bits per heavy atom. The zero-order chi connectivity index (χ0) is 33.2. The van der Waals surface area contributed by atoms with Gasteiger partial charge in [0.15, 0.2) is 0 Å². The van der Waals surface area contributed by atoms with Gasteiger partial charge < -0.3 is 4.90 Å². The lowest BCUT2D eigenvalue weighted by Gasteiger charge is -2.29. The average Bonchev–Trinajstić information content (AvgIpc) is 3.71. The molecule has 5 aromatic carbocycles. The first-order valence-electron chi connectivity index (χ1n) is 18.2. The highest BCUT2D eigenvalue weighted by atomic mass is 32.2. The van der Waals surface area contributed by atoms with Crippen LogP contribution in [0.4, 0.5) is 17.1 Å². The molecule has 2 heterocycles. The second-order valence-electron chi connectivity index (χ2n) is 14.3. The SMILES string of the molecule is C[SiH]1c2cccc(N(c3ccc(C4C=CC=CC4)cc3)c3cccc(-c4ccc5c(c4)C=CCC5)c3)c2-c2c1ccc1c2SC2C=CC=CC12. The van der Waals surface area contributed by atoms with Crippen molar-refractivity contribution < 1.29 is 0 Å². The molecule has 2 aliphatic heterocycles. The van der Waals surface area contributed by atoms with Crippen molar-refractivity contribution >= 4 is 54.1 Å². The van der Waals surface area contributed by atoms with Crippen LogP contribution in [0.1, 0.15) is 46.9 Å². The van der Waals surface area contributed by atoms with E-state index in [0.29, 0.717) is 17.1 Å². The molecule has 0 fully saturated rings. The summed E-state index contributed by atoms with van der Waals surface area (Å²) < 4.78 is 0. The minimum atomic E-state index is -1.37. The molecule has 0 radical (unpaired) electrons. The first kappa shape index (κ1) is 30.0. The van der Waals surface area contributed by atoms with Crippen molar-refractivity contribution in [2.24, 2.45) is 0 Å². The van der Waals surface area contributed by atoms with E-state index in [-0.39, 0.29) is 0 Å². The summed E-state index contributed by atoms with van der Waals surface area (Å²) in [7, 11) is -1.37. The minimum Gasteiger partial charge on any atom is -0.310 e. The molecule has 50 heavy (non-hydrogen) atoms. The number of benzene rings is 5. The highest BCUT2D eigenvalue weighted by Gasteiger charge is 2.39. The van der Waals surface area contributed by atoms with Gasteiger partial charge in [-0.05, 0) is 105 Å². The number of hydrogen-bond donors (Lipinski definition) is 0. The fourth-order valence-electron chi connectivity index (χ4n) is 8.84. The number of rotatable bonds is 5. The Morgan fingerprint density at radius 1 is 0.700 bits per heavy atom. The summed E-state index contributed by atoms with van der Waals surface area (Å²) in [5, 5.41) is 3.63. The van der Waals surface area contributed by atoms with E-state index in [1.165, 1.54) is 66.5 Å². The van der Waals surface area contributed by atoms with Crippen LogP contribution < -0.4 is 15.3 Å². The number of anilines is 3. The van der Waals surface area contributed by atoms with Crippen LogP contribution >= 0.6 is 11.8 Å². The Labute approximate surface area is 301 Å². The Bertz CT molecular complexity index is 2320. The molecule has 0 saturated carbocycles. The molecule has 0 aromatic heterocycles. The van der Waals surface area contributed by atoms with Gasteiger partial charge in [-0.15, -0.1) is 11.8 Å². The molecule has 242 valence electrons. The van der Waals surface area contributed by atoms with Crippen molar-refractivity contribution in [3.63, 3.8) is 0 Å². The van der Waals surface area contributed by atoms with E-state index in [0.717, 1.165) is 19.3 Å². The molecule has 5 aromatic rings. The van der Waals surface area contributed by atoms with Crippen molar-refractivity contribution in [3.8, 4) is 22.3 Å². The quantitative estimate of drug-likeness (QED) is 0.170. The largest absolute Gasteiger partial charge is 0.310 e. The molecule has 3 aliphatic carbocycles. The third-order valence-corrected chi connectivity index (χ3v) is 15.7. The molecular formula is C47H39NSSi. The first-order chi connectivity index (χ1) is 24.7. The molecule has 10 rings (SSSR count). The second-order valence-corrected chi connectivity index (χ2v) is 18.2. The highest BCUT2D eigenvalue weighted by Crippen LogP contribution is 2.54. The Morgan fingerprint density at radius 3 is 2.44 bits per heavy atom. The van der Waals surface area contributed by atoms with E-state index in [4.69, 9.17) is 0 Å². The van der Waals surface area contributed by atoms with Gasteiger partial charge in [0.2, 0.25) is 0 Å². The van der Waals surface area contributed by atoms with Crippen LogP contribution in [0.5, 0.6) is 0 Å². The first-order valence-corrected chi connectivity index (χ1v) is 21.4. The van der Waals surface area contributed by atoms with Crippen molar-refractivity contribution in [2.45, 2.75) is 47.8 Å². The molecule has 0 bridgehead atoms. The normalized spacial score (nSPS) is 21.8. The lowest BCUT2D eigenvalue weighted by Crippen LogP contribution is -2.34. The van der Waals surface area contributed by atoms with Gasteiger partial charge in [-0.2, -0.15) is 0 Å². The zero-order valence-electron chi connectivity index (χ0n) is 28.3. The topological polar surface area (TPSA) is 3.24 Å². The standard InChI is InChI=1S/C47H39NSSi/c1-50-43-20-10-18-41(45(43)46-44(50)28-27-40-39-17-7-8-19-42(39)49-47(40)46)48(37-25-23-33(24-26-37)31-11-3-2-4-12-31)38-16-9-15-35(30-38)36-22-21-32-13-5-6-14-34(32)29-36/h2-4,6-11,14-31,39,42,50H,5,12-13H2,1H3. The number of thioether (sulfide) groups is 1. The molecule has 0 N–H and O–H groups in total. The molecule has 0 amide bonds. The van der Waals surface area contributed by atoms with Crippen molar-refractivity contribution in [1.29, 1.82) is 0 Å².